The third kappa shape index (κ3) is 2.79. The summed E-state index contributed by atoms with van der Waals surface area (Å²) >= 11 is 3.30. The number of nitrogens with zero attached hydrogens (tertiary/aromatic N) is 5. The van der Waals surface area contributed by atoms with Crippen molar-refractivity contribution >= 4 is 27.5 Å². The van der Waals surface area contributed by atoms with Crippen LogP contribution in [0.5, 0.6) is 0 Å². The van der Waals surface area contributed by atoms with Crippen molar-refractivity contribution in [3.05, 3.63) is 59.5 Å². The number of pyridine rings is 2. The third-order valence-corrected chi connectivity index (χ3v) is 3.28. The zero-order valence-corrected chi connectivity index (χ0v) is 12.2. The van der Waals surface area contributed by atoms with Gasteiger partial charge in [0, 0.05) is 16.9 Å². The van der Waals surface area contributed by atoms with Gasteiger partial charge in [0.1, 0.15) is 18.3 Å². The lowest BCUT2D eigenvalue weighted by atomic mass is 10.3. The summed E-state index contributed by atoms with van der Waals surface area (Å²) in [5.74, 6) is 0.146. The van der Waals surface area contributed by atoms with Gasteiger partial charge >= 0.3 is 0 Å². The first-order chi connectivity index (χ1) is 10.3. The Morgan fingerprint density at radius 3 is 2.76 bits per heavy atom. The van der Waals surface area contributed by atoms with Gasteiger partial charge < -0.3 is 5.32 Å². The summed E-state index contributed by atoms with van der Waals surface area (Å²) in [7, 11) is 0. The smallest absolute Gasteiger partial charge is 0.275 e. The van der Waals surface area contributed by atoms with Crippen LogP contribution in [0.3, 0.4) is 0 Å². The molecule has 0 atom stereocenters. The number of hydrogen-bond donors (Lipinski definition) is 1. The molecule has 0 saturated carbocycles. The van der Waals surface area contributed by atoms with E-state index in [1.165, 1.54) is 17.3 Å². The molecule has 104 valence electrons. The molecule has 0 aliphatic rings. The van der Waals surface area contributed by atoms with Gasteiger partial charge in [0.2, 0.25) is 0 Å². The average Bonchev–Trinajstić information content (AvgIpc) is 3.02. The molecule has 0 fully saturated rings. The molecule has 0 radical (unpaired) electrons. The van der Waals surface area contributed by atoms with E-state index in [1.807, 2.05) is 0 Å². The van der Waals surface area contributed by atoms with Crippen molar-refractivity contribution in [2.24, 2.45) is 0 Å². The van der Waals surface area contributed by atoms with Gasteiger partial charge in [-0.2, -0.15) is 5.10 Å². The van der Waals surface area contributed by atoms with Gasteiger partial charge in [0.25, 0.3) is 5.91 Å². The summed E-state index contributed by atoms with van der Waals surface area (Å²) < 4.78 is 2.09. The molecule has 1 amide bonds. The van der Waals surface area contributed by atoms with Crippen molar-refractivity contribution in [2.75, 3.05) is 5.32 Å². The lowest BCUT2D eigenvalue weighted by molar-refractivity contribution is 0.102. The molecule has 0 aromatic carbocycles. The van der Waals surface area contributed by atoms with Gasteiger partial charge in [-0.15, -0.1) is 0 Å². The van der Waals surface area contributed by atoms with E-state index in [2.05, 4.69) is 41.3 Å². The van der Waals surface area contributed by atoms with Gasteiger partial charge in [0.15, 0.2) is 5.82 Å². The van der Waals surface area contributed by atoms with E-state index >= 15 is 0 Å². The van der Waals surface area contributed by atoms with Crippen LogP contribution in [0.4, 0.5) is 5.69 Å². The summed E-state index contributed by atoms with van der Waals surface area (Å²) in [5.41, 5.74) is 0.816. The number of carbonyl (C=O) groups is 1. The van der Waals surface area contributed by atoms with Crippen molar-refractivity contribution in [3.8, 4) is 5.82 Å². The number of carbonyl (C=O) groups excluding carboxylic acids is 1. The molecule has 1 N–H and O–H groups in total. The monoisotopic (exact) mass is 344 g/mol. The SMILES string of the molecule is O=C(Nc1cccnc1-n1cncn1)c1ncccc1Br. The summed E-state index contributed by atoms with van der Waals surface area (Å²) in [6.45, 7) is 0. The molecule has 0 bridgehead atoms. The van der Waals surface area contributed by atoms with Gasteiger partial charge in [0.05, 0.1) is 5.69 Å². The Labute approximate surface area is 128 Å². The number of nitrogens with one attached hydrogen (secondary N) is 1. The van der Waals surface area contributed by atoms with Crippen LogP contribution in [-0.4, -0.2) is 30.6 Å². The second kappa shape index (κ2) is 5.80. The summed E-state index contributed by atoms with van der Waals surface area (Å²) in [6.07, 6.45) is 6.08. The molecule has 0 spiro atoms. The fourth-order valence-electron chi connectivity index (χ4n) is 1.73. The molecule has 0 unspecified atom stereocenters. The van der Waals surface area contributed by atoms with Crippen LogP contribution >= 0.6 is 15.9 Å². The van der Waals surface area contributed by atoms with Crippen LogP contribution in [0, 0.1) is 0 Å². The number of anilines is 1. The van der Waals surface area contributed by atoms with E-state index in [1.54, 1.807) is 36.7 Å². The van der Waals surface area contributed by atoms with Crippen LogP contribution < -0.4 is 5.32 Å². The highest BCUT2D eigenvalue weighted by molar-refractivity contribution is 9.10. The fourth-order valence-corrected chi connectivity index (χ4v) is 2.16. The van der Waals surface area contributed by atoms with Gasteiger partial charge in [-0.1, -0.05) is 0 Å². The number of hydrogen-bond acceptors (Lipinski definition) is 5. The lowest BCUT2D eigenvalue weighted by Crippen LogP contribution is -2.16. The fraction of sp³-hybridized carbons (Fsp3) is 0. The molecule has 8 heteroatoms. The van der Waals surface area contributed by atoms with Gasteiger partial charge in [-0.25, -0.2) is 19.6 Å². The van der Waals surface area contributed by atoms with E-state index in [0.29, 0.717) is 21.7 Å². The quantitative estimate of drug-likeness (QED) is 0.785. The molecule has 21 heavy (non-hydrogen) atoms. The average molecular weight is 345 g/mol. The first-order valence-corrected chi connectivity index (χ1v) is 6.77. The Kier molecular flexibility index (Phi) is 3.69. The zero-order valence-electron chi connectivity index (χ0n) is 10.6. The highest BCUT2D eigenvalue weighted by Crippen LogP contribution is 2.19. The highest BCUT2D eigenvalue weighted by Gasteiger charge is 2.14. The van der Waals surface area contributed by atoms with E-state index in [0.717, 1.165) is 0 Å². The summed E-state index contributed by atoms with van der Waals surface area (Å²) in [4.78, 5) is 24.4. The molecule has 7 nitrogen and oxygen atoms in total. The number of halogens is 1. The van der Waals surface area contributed by atoms with E-state index in [4.69, 9.17) is 0 Å². The minimum Gasteiger partial charge on any atom is -0.317 e. The highest BCUT2D eigenvalue weighted by atomic mass is 79.9. The maximum atomic E-state index is 12.3. The van der Waals surface area contributed by atoms with Crippen LogP contribution in [-0.2, 0) is 0 Å². The largest absolute Gasteiger partial charge is 0.317 e. The third-order valence-electron chi connectivity index (χ3n) is 2.64. The van der Waals surface area contributed by atoms with Crippen molar-refractivity contribution in [3.63, 3.8) is 0 Å². The maximum Gasteiger partial charge on any atom is 0.275 e. The standard InChI is InChI=1S/C13H9BrN6O/c14-9-3-1-5-16-11(9)13(21)19-10-4-2-6-17-12(10)20-8-15-7-18-20/h1-8H,(H,19,21). The first-order valence-electron chi connectivity index (χ1n) is 5.97. The molecule has 0 aliphatic heterocycles. The minimum absolute atomic E-state index is 0.297. The number of amides is 1. The maximum absolute atomic E-state index is 12.3. The molecule has 3 aromatic rings. The van der Waals surface area contributed by atoms with Gasteiger partial charge in [-0.05, 0) is 40.2 Å². The Bertz CT molecular complexity index is 774. The minimum atomic E-state index is -0.336. The van der Waals surface area contributed by atoms with Gasteiger partial charge in [-0.3, -0.25) is 4.79 Å². The molecule has 0 saturated heterocycles. The van der Waals surface area contributed by atoms with Crippen LogP contribution in [0.15, 0.2) is 53.8 Å². The van der Waals surface area contributed by atoms with Crippen LogP contribution in [0.2, 0.25) is 0 Å². The van der Waals surface area contributed by atoms with Crippen molar-refractivity contribution in [2.45, 2.75) is 0 Å². The predicted octanol–water partition coefficient (Wildman–Crippen LogP) is 2.07. The van der Waals surface area contributed by atoms with Crippen molar-refractivity contribution < 1.29 is 4.79 Å². The topological polar surface area (TPSA) is 85.6 Å². The zero-order chi connectivity index (χ0) is 14.7. The van der Waals surface area contributed by atoms with E-state index in [9.17, 15) is 4.79 Å². The Balaban J connectivity index is 1.93. The molecule has 3 heterocycles. The van der Waals surface area contributed by atoms with Crippen LogP contribution in [0.1, 0.15) is 10.5 Å². The first kappa shape index (κ1) is 13.4. The van der Waals surface area contributed by atoms with Crippen molar-refractivity contribution in [1.82, 2.24) is 24.7 Å². The molecule has 3 aromatic heterocycles. The van der Waals surface area contributed by atoms with E-state index in [-0.39, 0.29) is 5.91 Å². The second-order valence-corrected chi connectivity index (χ2v) is 4.86. The number of rotatable bonds is 3. The van der Waals surface area contributed by atoms with Crippen LogP contribution in [0.25, 0.3) is 5.82 Å². The summed E-state index contributed by atoms with van der Waals surface area (Å²) in [6, 6.07) is 6.96. The summed E-state index contributed by atoms with van der Waals surface area (Å²) in [5, 5.41) is 6.78. The Morgan fingerprint density at radius 2 is 2.00 bits per heavy atom. The van der Waals surface area contributed by atoms with Crippen molar-refractivity contribution in [1.29, 1.82) is 0 Å². The molecule has 3 rings (SSSR count). The van der Waals surface area contributed by atoms with E-state index < -0.39 is 0 Å². The molecule has 0 aliphatic carbocycles. The predicted molar refractivity (Wildman–Crippen MR) is 79.0 cm³/mol. The Hall–Kier alpha value is -2.61. The molecular weight excluding hydrogens is 336 g/mol. The second-order valence-electron chi connectivity index (χ2n) is 4.00. The normalized spacial score (nSPS) is 10.3. The lowest BCUT2D eigenvalue weighted by Gasteiger charge is -2.09. The number of aromatic nitrogens is 5. The Morgan fingerprint density at radius 1 is 1.19 bits per heavy atom. The molecular formula is C13H9BrN6O.